The highest BCUT2D eigenvalue weighted by Crippen LogP contribution is 2.27. The minimum atomic E-state index is 0.945. The molecule has 0 atom stereocenters. The Morgan fingerprint density at radius 2 is 1.71 bits per heavy atom. The number of benzene rings is 1. The monoisotopic (exact) mass is 229 g/mol. The Bertz CT molecular complexity index is 282. The first-order valence-electron chi connectivity index (χ1n) is 7.32. The van der Waals surface area contributed by atoms with Crippen LogP contribution in [0.2, 0.25) is 0 Å². The molecular weight excluding hydrogens is 204 g/mol. The van der Waals surface area contributed by atoms with Crippen LogP contribution in [-0.4, -0.2) is 0 Å². The van der Waals surface area contributed by atoms with Gasteiger partial charge in [-0.3, -0.25) is 0 Å². The third-order valence-electron chi connectivity index (χ3n) is 3.91. The molecule has 0 saturated heterocycles. The number of rotatable bonds is 6. The van der Waals surface area contributed by atoms with Gasteiger partial charge >= 0.3 is 0 Å². The number of aryl methyl sites for hydroxylation is 1. The van der Waals surface area contributed by atoms with Gasteiger partial charge in [0, 0.05) is 0 Å². The van der Waals surface area contributed by atoms with Crippen molar-refractivity contribution in [1.82, 2.24) is 0 Å². The van der Waals surface area contributed by atoms with Crippen LogP contribution in [0.4, 0.5) is 0 Å². The fourth-order valence-corrected chi connectivity index (χ4v) is 2.84. The van der Waals surface area contributed by atoms with E-state index in [0.717, 1.165) is 5.92 Å². The van der Waals surface area contributed by atoms with Crippen LogP contribution in [0.5, 0.6) is 0 Å². The predicted octanol–water partition coefficient (Wildman–Crippen LogP) is 5.18. The summed E-state index contributed by atoms with van der Waals surface area (Å²) in [7, 11) is 0. The van der Waals surface area contributed by atoms with Crippen LogP contribution in [0.1, 0.15) is 56.9 Å². The molecule has 1 aliphatic rings. The van der Waals surface area contributed by atoms with Crippen molar-refractivity contribution in [3.63, 3.8) is 0 Å². The Balaban J connectivity index is 1.51. The molecule has 93 valence electrons. The Morgan fingerprint density at radius 3 is 2.47 bits per heavy atom. The summed E-state index contributed by atoms with van der Waals surface area (Å²) in [5, 5.41) is 0. The Morgan fingerprint density at radius 1 is 0.941 bits per heavy atom. The zero-order valence-electron chi connectivity index (χ0n) is 10.9. The highest BCUT2D eigenvalue weighted by atomic mass is 14.2. The zero-order valence-corrected chi connectivity index (χ0v) is 10.9. The van der Waals surface area contributed by atoms with Crippen molar-refractivity contribution >= 4 is 0 Å². The van der Waals surface area contributed by atoms with E-state index in [-0.39, 0.29) is 0 Å². The van der Waals surface area contributed by atoms with Gasteiger partial charge in [0.05, 0.1) is 0 Å². The molecule has 17 heavy (non-hydrogen) atoms. The molecule has 0 unspecified atom stereocenters. The number of hydrogen-bond acceptors (Lipinski definition) is 0. The molecule has 1 aromatic carbocycles. The molecule has 1 radical (unpaired) electrons. The summed E-state index contributed by atoms with van der Waals surface area (Å²) in [6.07, 6.45) is 15.2. The van der Waals surface area contributed by atoms with Gasteiger partial charge in [0.1, 0.15) is 0 Å². The van der Waals surface area contributed by atoms with E-state index in [1.54, 1.807) is 0 Å². The molecule has 1 aliphatic carbocycles. The smallest absolute Gasteiger partial charge is 0.0279 e. The van der Waals surface area contributed by atoms with Crippen LogP contribution < -0.4 is 0 Å². The molecule has 0 spiro atoms. The van der Waals surface area contributed by atoms with Gasteiger partial charge in [0.15, 0.2) is 0 Å². The highest BCUT2D eigenvalue weighted by Gasteiger charge is 2.12. The van der Waals surface area contributed by atoms with Gasteiger partial charge in [0.25, 0.3) is 0 Å². The summed E-state index contributed by atoms with van der Waals surface area (Å²) in [5.74, 6) is 0.945. The van der Waals surface area contributed by atoms with Crippen molar-refractivity contribution in [3.8, 4) is 0 Å². The molecule has 0 heteroatoms. The first kappa shape index (κ1) is 12.7. The van der Waals surface area contributed by atoms with Gasteiger partial charge < -0.3 is 0 Å². The van der Waals surface area contributed by atoms with Gasteiger partial charge in [-0.15, -0.1) is 0 Å². The molecule has 0 aromatic heterocycles. The van der Waals surface area contributed by atoms with Crippen molar-refractivity contribution in [1.29, 1.82) is 0 Å². The van der Waals surface area contributed by atoms with Crippen LogP contribution >= 0.6 is 0 Å². The van der Waals surface area contributed by atoms with Gasteiger partial charge in [-0.05, 0) is 37.2 Å². The Labute approximate surface area is 106 Å². The summed E-state index contributed by atoms with van der Waals surface area (Å²) >= 11 is 0. The Hall–Kier alpha value is -0.780. The van der Waals surface area contributed by atoms with E-state index >= 15 is 0 Å². The molecule has 0 nitrogen and oxygen atoms in total. The lowest BCUT2D eigenvalue weighted by atomic mass is 9.85. The quantitative estimate of drug-likeness (QED) is 0.589. The van der Waals surface area contributed by atoms with Crippen molar-refractivity contribution in [3.05, 3.63) is 42.3 Å². The predicted molar refractivity (Wildman–Crippen MR) is 74.9 cm³/mol. The number of hydrogen-bond donors (Lipinski definition) is 0. The van der Waals surface area contributed by atoms with E-state index < -0.39 is 0 Å². The largest absolute Gasteiger partial charge is 0.0622 e. The third kappa shape index (κ3) is 4.93. The van der Waals surface area contributed by atoms with Crippen molar-refractivity contribution in [2.45, 2.75) is 57.8 Å². The molecular formula is C17H25. The summed E-state index contributed by atoms with van der Waals surface area (Å²) in [6, 6.07) is 10.9. The SMILES string of the molecule is [CH](CCCCc1ccccc1)C1CCCCC1. The maximum Gasteiger partial charge on any atom is -0.0279 e. The van der Waals surface area contributed by atoms with E-state index in [0.29, 0.717) is 0 Å². The summed E-state index contributed by atoms with van der Waals surface area (Å²) < 4.78 is 0. The van der Waals surface area contributed by atoms with E-state index in [1.165, 1.54) is 63.4 Å². The van der Waals surface area contributed by atoms with E-state index in [1.807, 2.05) is 0 Å². The van der Waals surface area contributed by atoms with Gasteiger partial charge in [-0.25, -0.2) is 0 Å². The average molecular weight is 229 g/mol. The minimum absolute atomic E-state index is 0.945. The maximum atomic E-state index is 2.60. The van der Waals surface area contributed by atoms with Crippen LogP contribution in [0, 0.1) is 12.3 Å². The van der Waals surface area contributed by atoms with Crippen LogP contribution in [0.3, 0.4) is 0 Å². The number of unbranched alkanes of at least 4 members (excludes halogenated alkanes) is 2. The summed E-state index contributed by atoms with van der Waals surface area (Å²) in [5.41, 5.74) is 1.49. The first-order valence-corrected chi connectivity index (χ1v) is 7.32. The van der Waals surface area contributed by atoms with Gasteiger partial charge in [-0.2, -0.15) is 0 Å². The lowest BCUT2D eigenvalue weighted by Crippen LogP contribution is -2.06. The molecule has 0 bridgehead atoms. The van der Waals surface area contributed by atoms with Crippen molar-refractivity contribution in [2.75, 3.05) is 0 Å². The van der Waals surface area contributed by atoms with Crippen LogP contribution in [-0.2, 0) is 6.42 Å². The van der Waals surface area contributed by atoms with Gasteiger partial charge in [-0.1, -0.05) is 68.9 Å². The average Bonchev–Trinajstić information content (AvgIpc) is 2.41. The third-order valence-corrected chi connectivity index (χ3v) is 3.91. The Kier molecular flexibility index (Phi) is 5.61. The normalized spacial score (nSPS) is 17.2. The lowest BCUT2D eigenvalue weighted by molar-refractivity contribution is 0.388. The maximum absolute atomic E-state index is 2.60. The van der Waals surface area contributed by atoms with E-state index in [2.05, 4.69) is 36.8 Å². The van der Waals surface area contributed by atoms with Crippen LogP contribution in [0.15, 0.2) is 30.3 Å². The van der Waals surface area contributed by atoms with Crippen molar-refractivity contribution in [2.24, 2.45) is 5.92 Å². The molecule has 2 rings (SSSR count). The standard InChI is InChI=1S/C17H25/c1-4-10-16(11-5-1)14-8-3-9-15-17-12-6-2-7-13-17/h1,4-5,10-11,15,17H,2-3,6-9,12-14H2. The second-order valence-corrected chi connectivity index (χ2v) is 5.37. The summed E-state index contributed by atoms with van der Waals surface area (Å²) in [6.45, 7) is 0. The minimum Gasteiger partial charge on any atom is -0.0622 e. The van der Waals surface area contributed by atoms with Gasteiger partial charge in [0.2, 0.25) is 0 Å². The molecule has 0 heterocycles. The fourth-order valence-electron chi connectivity index (χ4n) is 2.84. The molecule has 0 N–H and O–H groups in total. The highest BCUT2D eigenvalue weighted by molar-refractivity contribution is 5.14. The van der Waals surface area contributed by atoms with E-state index in [4.69, 9.17) is 0 Å². The summed E-state index contributed by atoms with van der Waals surface area (Å²) in [4.78, 5) is 0. The zero-order chi connectivity index (χ0) is 11.8. The topological polar surface area (TPSA) is 0 Å². The lowest BCUT2D eigenvalue weighted by Gasteiger charge is -2.20. The molecule has 1 aromatic rings. The molecule has 1 fully saturated rings. The van der Waals surface area contributed by atoms with Crippen molar-refractivity contribution < 1.29 is 0 Å². The van der Waals surface area contributed by atoms with E-state index in [9.17, 15) is 0 Å². The second kappa shape index (κ2) is 7.53. The second-order valence-electron chi connectivity index (χ2n) is 5.37. The fraction of sp³-hybridized carbons (Fsp3) is 0.588. The molecule has 1 saturated carbocycles. The molecule has 0 amide bonds. The molecule has 0 aliphatic heterocycles. The van der Waals surface area contributed by atoms with Crippen LogP contribution in [0.25, 0.3) is 0 Å². The first-order chi connectivity index (χ1) is 8.45.